The van der Waals surface area contributed by atoms with E-state index in [-0.39, 0.29) is 0 Å². The molecule has 0 amide bonds. The van der Waals surface area contributed by atoms with Gasteiger partial charge in [0.2, 0.25) is 0 Å². The third kappa shape index (κ3) is 3.28. The van der Waals surface area contributed by atoms with Crippen molar-refractivity contribution in [1.82, 2.24) is 19.1 Å². The molecular weight excluding hydrogens is 302 g/mol. The molecule has 1 fully saturated rings. The summed E-state index contributed by atoms with van der Waals surface area (Å²) >= 11 is 0. The normalized spacial score (nSPS) is 20.0. The maximum atomic E-state index is 12.4. The van der Waals surface area contributed by atoms with Crippen molar-refractivity contribution >= 4 is 15.9 Å². The van der Waals surface area contributed by atoms with Crippen LogP contribution in [0.15, 0.2) is 36.9 Å². The summed E-state index contributed by atoms with van der Waals surface area (Å²) in [6.07, 6.45) is 5.04. The highest BCUT2D eigenvalue weighted by Crippen LogP contribution is 2.20. The van der Waals surface area contributed by atoms with Gasteiger partial charge in [-0.1, -0.05) is 6.92 Å². The van der Waals surface area contributed by atoms with Crippen molar-refractivity contribution in [2.24, 2.45) is 5.92 Å². The van der Waals surface area contributed by atoms with E-state index in [9.17, 15) is 8.42 Å². The molecule has 0 spiro atoms. The molecule has 7 nitrogen and oxygen atoms in total. The van der Waals surface area contributed by atoms with Gasteiger partial charge in [-0.3, -0.25) is 4.72 Å². The lowest BCUT2D eigenvalue weighted by atomic mass is 10.0. The fraction of sp³-hybridized carbons (Fsp3) is 0.429. The Morgan fingerprint density at radius 3 is 2.68 bits per heavy atom. The smallest absolute Gasteiger partial charge is 0.271 e. The first kappa shape index (κ1) is 15.0. The van der Waals surface area contributed by atoms with Crippen molar-refractivity contribution in [3.8, 4) is 5.69 Å². The largest absolute Gasteiger partial charge is 0.301 e. The SMILES string of the molecule is C[C@@H]1CCCN(S(=O)(=O)Nc2ccc(-n3cncn3)cc2)C1. The first-order valence-corrected chi connectivity index (χ1v) is 8.71. The van der Waals surface area contributed by atoms with Crippen LogP contribution >= 0.6 is 0 Å². The Morgan fingerprint density at radius 2 is 2.05 bits per heavy atom. The summed E-state index contributed by atoms with van der Waals surface area (Å²) in [6.45, 7) is 3.23. The summed E-state index contributed by atoms with van der Waals surface area (Å²) in [5.74, 6) is 0.403. The second kappa shape index (κ2) is 6.05. The van der Waals surface area contributed by atoms with Crippen LogP contribution in [0.25, 0.3) is 5.69 Å². The monoisotopic (exact) mass is 321 g/mol. The number of piperidine rings is 1. The molecule has 0 radical (unpaired) electrons. The Bertz CT molecular complexity index is 712. The molecule has 0 aliphatic carbocycles. The fourth-order valence-corrected chi connectivity index (χ4v) is 3.99. The van der Waals surface area contributed by atoms with Gasteiger partial charge >= 0.3 is 10.2 Å². The van der Waals surface area contributed by atoms with Crippen LogP contribution in [-0.2, 0) is 10.2 Å². The number of hydrogen-bond donors (Lipinski definition) is 1. The third-order valence-electron chi connectivity index (χ3n) is 3.76. The molecule has 3 rings (SSSR count). The van der Waals surface area contributed by atoms with Gasteiger partial charge in [-0.25, -0.2) is 9.67 Å². The standard InChI is InChI=1S/C14H19N5O2S/c1-12-3-2-8-18(9-12)22(20,21)17-13-4-6-14(7-5-13)19-11-15-10-16-19/h4-7,10-12,17H,2-3,8-9H2,1H3/t12-/m1/s1. The summed E-state index contributed by atoms with van der Waals surface area (Å²) < 4.78 is 30.6. The minimum absolute atomic E-state index is 0.403. The third-order valence-corrected chi connectivity index (χ3v) is 5.26. The molecule has 1 N–H and O–H groups in total. The van der Waals surface area contributed by atoms with Crippen LogP contribution in [0.3, 0.4) is 0 Å². The number of rotatable bonds is 4. The topological polar surface area (TPSA) is 80.1 Å². The molecule has 0 bridgehead atoms. The van der Waals surface area contributed by atoms with Gasteiger partial charge in [-0.05, 0) is 43.0 Å². The molecule has 118 valence electrons. The first-order valence-electron chi connectivity index (χ1n) is 7.27. The Morgan fingerprint density at radius 1 is 1.27 bits per heavy atom. The van der Waals surface area contributed by atoms with Crippen LogP contribution in [0.4, 0.5) is 5.69 Å². The highest BCUT2D eigenvalue weighted by atomic mass is 32.2. The Balaban J connectivity index is 1.72. The molecule has 2 heterocycles. The number of benzene rings is 1. The van der Waals surface area contributed by atoms with Crippen molar-refractivity contribution < 1.29 is 8.42 Å². The van der Waals surface area contributed by atoms with Gasteiger partial charge in [0.25, 0.3) is 0 Å². The number of aromatic nitrogens is 3. The zero-order valence-electron chi connectivity index (χ0n) is 12.4. The Kier molecular flexibility index (Phi) is 4.12. The maximum absolute atomic E-state index is 12.4. The van der Waals surface area contributed by atoms with Crippen LogP contribution in [0.1, 0.15) is 19.8 Å². The van der Waals surface area contributed by atoms with Gasteiger partial charge in [0.1, 0.15) is 12.7 Å². The predicted octanol–water partition coefficient (Wildman–Crippen LogP) is 1.66. The highest BCUT2D eigenvalue weighted by Gasteiger charge is 2.26. The molecule has 8 heteroatoms. The molecule has 1 atom stereocenters. The van der Waals surface area contributed by atoms with Crippen molar-refractivity contribution in [1.29, 1.82) is 0 Å². The lowest BCUT2D eigenvalue weighted by molar-refractivity contribution is 0.282. The quantitative estimate of drug-likeness (QED) is 0.928. The Hall–Kier alpha value is -1.93. The van der Waals surface area contributed by atoms with Gasteiger partial charge in [0, 0.05) is 18.8 Å². The lowest BCUT2D eigenvalue weighted by Crippen LogP contribution is -2.42. The molecule has 1 aromatic carbocycles. The van der Waals surface area contributed by atoms with E-state index in [1.165, 1.54) is 10.6 Å². The van der Waals surface area contributed by atoms with Crippen LogP contribution in [0.5, 0.6) is 0 Å². The molecule has 2 aromatic rings. The first-order chi connectivity index (χ1) is 10.5. The van der Waals surface area contributed by atoms with Gasteiger partial charge < -0.3 is 0 Å². The van der Waals surface area contributed by atoms with Crippen molar-refractivity contribution in [3.05, 3.63) is 36.9 Å². The van der Waals surface area contributed by atoms with Crippen molar-refractivity contribution in [3.63, 3.8) is 0 Å². The molecule has 22 heavy (non-hydrogen) atoms. The van der Waals surface area contributed by atoms with E-state index < -0.39 is 10.2 Å². The summed E-state index contributed by atoms with van der Waals surface area (Å²) in [4.78, 5) is 3.88. The van der Waals surface area contributed by atoms with Gasteiger partial charge in [0.15, 0.2) is 0 Å². The molecule has 1 aliphatic rings. The maximum Gasteiger partial charge on any atom is 0.301 e. The Labute approximate surface area is 130 Å². The molecule has 0 saturated carbocycles. The second-order valence-electron chi connectivity index (χ2n) is 5.60. The van der Waals surface area contributed by atoms with Crippen LogP contribution in [0, 0.1) is 5.92 Å². The number of nitrogens with one attached hydrogen (secondary N) is 1. The minimum Gasteiger partial charge on any atom is -0.271 e. The van der Waals surface area contributed by atoms with E-state index in [1.54, 1.807) is 35.3 Å². The van der Waals surface area contributed by atoms with E-state index in [1.807, 2.05) is 0 Å². The number of anilines is 1. The van der Waals surface area contributed by atoms with Crippen LogP contribution in [0.2, 0.25) is 0 Å². The van der Waals surface area contributed by atoms with Crippen LogP contribution in [-0.4, -0.2) is 40.6 Å². The van der Waals surface area contributed by atoms with Gasteiger partial charge in [-0.2, -0.15) is 17.8 Å². The predicted molar refractivity (Wildman–Crippen MR) is 83.9 cm³/mol. The van der Waals surface area contributed by atoms with Crippen LogP contribution < -0.4 is 4.72 Å². The summed E-state index contributed by atoms with van der Waals surface area (Å²) in [7, 11) is -3.49. The van der Waals surface area contributed by atoms with E-state index >= 15 is 0 Å². The molecule has 1 aliphatic heterocycles. The van der Waals surface area contributed by atoms with E-state index in [0.717, 1.165) is 18.5 Å². The van der Waals surface area contributed by atoms with Gasteiger partial charge in [-0.15, -0.1) is 0 Å². The average molecular weight is 321 g/mol. The minimum atomic E-state index is -3.49. The second-order valence-corrected chi connectivity index (χ2v) is 7.27. The van der Waals surface area contributed by atoms with Gasteiger partial charge in [0.05, 0.1) is 5.69 Å². The molecular formula is C14H19N5O2S. The highest BCUT2D eigenvalue weighted by molar-refractivity contribution is 7.90. The van der Waals surface area contributed by atoms with Crippen molar-refractivity contribution in [2.75, 3.05) is 17.8 Å². The zero-order valence-corrected chi connectivity index (χ0v) is 13.2. The number of nitrogens with zero attached hydrogens (tertiary/aromatic N) is 4. The van der Waals surface area contributed by atoms with E-state index in [4.69, 9.17) is 0 Å². The summed E-state index contributed by atoms with van der Waals surface area (Å²) in [5.41, 5.74) is 1.37. The molecule has 1 saturated heterocycles. The summed E-state index contributed by atoms with van der Waals surface area (Å²) in [6, 6.07) is 7.04. The molecule has 0 unspecified atom stereocenters. The fourth-order valence-electron chi connectivity index (χ4n) is 2.60. The summed E-state index contributed by atoms with van der Waals surface area (Å²) in [5, 5.41) is 4.03. The number of hydrogen-bond acceptors (Lipinski definition) is 4. The van der Waals surface area contributed by atoms with E-state index in [2.05, 4.69) is 21.7 Å². The molecule has 1 aromatic heterocycles. The average Bonchev–Trinajstić information content (AvgIpc) is 3.02. The van der Waals surface area contributed by atoms with E-state index in [0.29, 0.717) is 24.7 Å². The van der Waals surface area contributed by atoms with Crippen molar-refractivity contribution in [2.45, 2.75) is 19.8 Å². The zero-order chi connectivity index (χ0) is 15.6. The lowest BCUT2D eigenvalue weighted by Gasteiger charge is -2.30.